The third-order valence-electron chi connectivity index (χ3n) is 2.95. The summed E-state index contributed by atoms with van der Waals surface area (Å²) in [7, 11) is 0. The predicted molar refractivity (Wildman–Crippen MR) is 65.0 cm³/mol. The van der Waals surface area contributed by atoms with Gasteiger partial charge in [0.15, 0.2) is 0 Å². The van der Waals surface area contributed by atoms with Gasteiger partial charge in [0.2, 0.25) is 16.5 Å². The first-order chi connectivity index (χ1) is 7.57. The Morgan fingerprint density at radius 2 is 1.56 bits per heavy atom. The summed E-state index contributed by atoms with van der Waals surface area (Å²) in [5.74, 6) is 0.467. The summed E-state index contributed by atoms with van der Waals surface area (Å²) >= 11 is 11.5. The van der Waals surface area contributed by atoms with E-state index in [-0.39, 0.29) is 16.1 Å². The maximum atomic E-state index is 5.73. The fourth-order valence-corrected chi connectivity index (χ4v) is 2.47. The van der Waals surface area contributed by atoms with Crippen LogP contribution < -0.4 is 5.32 Å². The zero-order valence-corrected chi connectivity index (χ0v) is 10.6. The van der Waals surface area contributed by atoms with E-state index in [1.165, 1.54) is 19.3 Å². The SMILES string of the molecule is CC1(Nc2nc(Cl)nc(Cl)n2)CCCCC1. The second kappa shape index (κ2) is 4.72. The molecule has 2 rings (SSSR count). The van der Waals surface area contributed by atoms with Gasteiger partial charge in [-0.3, -0.25) is 0 Å². The number of rotatable bonds is 2. The van der Waals surface area contributed by atoms with Gasteiger partial charge >= 0.3 is 0 Å². The Labute approximate surface area is 105 Å². The molecule has 0 aliphatic heterocycles. The van der Waals surface area contributed by atoms with E-state index in [1.54, 1.807) is 0 Å². The molecular weight excluding hydrogens is 247 g/mol. The van der Waals surface area contributed by atoms with E-state index in [9.17, 15) is 0 Å². The van der Waals surface area contributed by atoms with Gasteiger partial charge in [-0.25, -0.2) is 0 Å². The van der Waals surface area contributed by atoms with Crippen molar-refractivity contribution in [2.75, 3.05) is 5.32 Å². The normalized spacial score (nSPS) is 19.4. The van der Waals surface area contributed by atoms with Crippen LogP contribution in [0.3, 0.4) is 0 Å². The second-order valence-corrected chi connectivity index (χ2v) is 5.12. The monoisotopic (exact) mass is 260 g/mol. The van der Waals surface area contributed by atoms with Crippen LogP contribution in [-0.2, 0) is 0 Å². The Morgan fingerprint density at radius 3 is 2.12 bits per heavy atom. The van der Waals surface area contributed by atoms with Crippen molar-refractivity contribution in [2.24, 2.45) is 0 Å². The van der Waals surface area contributed by atoms with Crippen LogP contribution in [0.15, 0.2) is 0 Å². The first-order valence-electron chi connectivity index (χ1n) is 5.43. The highest BCUT2D eigenvalue weighted by Gasteiger charge is 2.27. The van der Waals surface area contributed by atoms with E-state index >= 15 is 0 Å². The van der Waals surface area contributed by atoms with Gasteiger partial charge in [-0.05, 0) is 43.0 Å². The Balaban J connectivity index is 2.13. The number of hydrogen-bond donors (Lipinski definition) is 1. The maximum Gasteiger partial charge on any atom is 0.228 e. The lowest BCUT2D eigenvalue weighted by Crippen LogP contribution is -2.37. The van der Waals surface area contributed by atoms with E-state index in [0.717, 1.165) is 12.8 Å². The summed E-state index contributed by atoms with van der Waals surface area (Å²) in [4.78, 5) is 11.8. The summed E-state index contributed by atoms with van der Waals surface area (Å²) in [6, 6.07) is 0. The smallest absolute Gasteiger partial charge is 0.228 e. The van der Waals surface area contributed by atoms with E-state index in [1.807, 2.05) is 0 Å². The number of hydrogen-bond acceptors (Lipinski definition) is 4. The van der Waals surface area contributed by atoms with Crippen molar-refractivity contribution in [1.82, 2.24) is 15.0 Å². The van der Waals surface area contributed by atoms with Gasteiger partial charge in [0.25, 0.3) is 0 Å². The Hall–Kier alpha value is -0.610. The van der Waals surface area contributed by atoms with E-state index in [2.05, 4.69) is 27.2 Å². The number of aromatic nitrogens is 3. The molecule has 0 aromatic carbocycles. The molecule has 0 atom stereocenters. The van der Waals surface area contributed by atoms with Crippen molar-refractivity contribution in [3.8, 4) is 0 Å². The Kier molecular flexibility index (Phi) is 3.50. The van der Waals surface area contributed by atoms with Gasteiger partial charge < -0.3 is 5.32 Å². The number of halogens is 2. The maximum absolute atomic E-state index is 5.73. The molecule has 0 radical (unpaired) electrons. The largest absolute Gasteiger partial charge is 0.349 e. The molecule has 88 valence electrons. The molecule has 1 heterocycles. The highest BCUT2D eigenvalue weighted by Crippen LogP contribution is 2.30. The average Bonchev–Trinajstić information content (AvgIpc) is 2.15. The van der Waals surface area contributed by atoms with Crippen molar-refractivity contribution in [3.05, 3.63) is 10.6 Å². The highest BCUT2D eigenvalue weighted by atomic mass is 35.5. The first-order valence-corrected chi connectivity index (χ1v) is 6.18. The molecule has 1 aliphatic carbocycles. The summed E-state index contributed by atoms with van der Waals surface area (Å²) in [5.41, 5.74) is 0.0479. The molecule has 0 spiro atoms. The lowest BCUT2D eigenvalue weighted by Gasteiger charge is -2.34. The van der Waals surface area contributed by atoms with E-state index < -0.39 is 0 Å². The van der Waals surface area contributed by atoms with Crippen molar-refractivity contribution in [1.29, 1.82) is 0 Å². The fraction of sp³-hybridized carbons (Fsp3) is 0.700. The van der Waals surface area contributed by atoms with Gasteiger partial charge in [0.1, 0.15) is 0 Å². The van der Waals surface area contributed by atoms with Gasteiger partial charge in [0, 0.05) is 5.54 Å². The van der Waals surface area contributed by atoms with Gasteiger partial charge in [0.05, 0.1) is 0 Å². The van der Waals surface area contributed by atoms with E-state index in [4.69, 9.17) is 23.2 Å². The minimum absolute atomic E-state index is 0.0479. The van der Waals surface area contributed by atoms with Crippen LogP contribution in [0, 0.1) is 0 Å². The lowest BCUT2D eigenvalue weighted by molar-refractivity contribution is 0.347. The zero-order chi connectivity index (χ0) is 11.6. The molecule has 1 N–H and O–H groups in total. The Morgan fingerprint density at radius 1 is 1.00 bits per heavy atom. The summed E-state index contributed by atoms with van der Waals surface area (Å²) in [6.07, 6.45) is 6.00. The third-order valence-corrected chi connectivity index (χ3v) is 3.29. The first kappa shape index (κ1) is 11.9. The molecule has 0 bridgehead atoms. The van der Waals surface area contributed by atoms with Gasteiger partial charge in [-0.15, -0.1) is 0 Å². The van der Waals surface area contributed by atoms with Crippen LogP contribution in [0.1, 0.15) is 39.0 Å². The van der Waals surface area contributed by atoms with Crippen molar-refractivity contribution in [2.45, 2.75) is 44.6 Å². The van der Waals surface area contributed by atoms with Crippen LogP contribution >= 0.6 is 23.2 Å². The average molecular weight is 261 g/mol. The standard InChI is InChI=1S/C10H14Cl2N4/c1-10(5-3-2-4-6-10)16-9-14-7(11)13-8(12)15-9/h2-6H2,1H3,(H,13,14,15,16). The van der Waals surface area contributed by atoms with Gasteiger partial charge in [-0.1, -0.05) is 19.3 Å². The molecule has 1 aromatic heterocycles. The van der Waals surface area contributed by atoms with Gasteiger partial charge in [-0.2, -0.15) is 15.0 Å². The molecule has 0 amide bonds. The molecule has 1 fully saturated rings. The zero-order valence-electron chi connectivity index (χ0n) is 9.13. The fourth-order valence-electron chi connectivity index (χ4n) is 2.11. The molecule has 6 heteroatoms. The molecule has 4 nitrogen and oxygen atoms in total. The molecule has 1 aliphatic rings. The summed E-state index contributed by atoms with van der Waals surface area (Å²) in [5, 5.41) is 3.56. The van der Waals surface area contributed by atoms with Crippen molar-refractivity contribution in [3.63, 3.8) is 0 Å². The topological polar surface area (TPSA) is 50.7 Å². The highest BCUT2D eigenvalue weighted by molar-refractivity contribution is 6.31. The molecular formula is C10H14Cl2N4. The number of nitrogens with one attached hydrogen (secondary N) is 1. The minimum Gasteiger partial charge on any atom is -0.349 e. The quantitative estimate of drug-likeness (QED) is 0.887. The molecule has 0 unspecified atom stereocenters. The molecule has 0 saturated heterocycles. The van der Waals surface area contributed by atoms with Crippen LogP contribution in [0.2, 0.25) is 10.6 Å². The lowest BCUT2D eigenvalue weighted by atomic mass is 9.83. The molecule has 1 saturated carbocycles. The van der Waals surface area contributed by atoms with Crippen LogP contribution in [0.5, 0.6) is 0 Å². The van der Waals surface area contributed by atoms with Crippen LogP contribution in [0.25, 0.3) is 0 Å². The number of nitrogens with zero attached hydrogens (tertiary/aromatic N) is 3. The van der Waals surface area contributed by atoms with Crippen molar-refractivity contribution < 1.29 is 0 Å². The third kappa shape index (κ3) is 2.95. The Bertz CT molecular complexity index is 357. The molecule has 16 heavy (non-hydrogen) atoms. The summed E-state index contributed by atoms with van der Waals surface area (Å²) in [6.45, 7) is 2.18. The van der Waals surface area contributed by atoms with Crippen molar-refractivity contribution >= 4 is 29.2 Å². The predicted octanol–water partition coefficient (Wildman–Crippen LogP) is 3.31. The van der Waals surface area contributed by atoms with Crippen LogP contribution in [0.4, 0.5) is 5.95 Å². The molecule has 1 aromatic rings. The second-order valence-electron chi connectivity index (χ2n) is 4.44. The van der Waals surface area contributed by atoms with Crippen LogP contribution in [-0.4, -0.2) is 20.5 Å². The minimum atomic E-state index is 0.0479. The number of anilines is 1. The summed E-state index contributed by atoms with van der Waals surface area (Å²) < 4.78 is 0. The van der Waals surface area contributed by atoms with E-state index in [0.29, 0.717) is 5.95 Å².